The number of aromatic nitrogens is 2. The highest BCUT2D eigenvalue weighted by Gasteiger charge is 2.19. The molecule has 0 bridgehead atoms. The highest BCUT2D eigenvalue weighted by molar-refractivity contribution is 5.28. The van der Waals surface area contributed by atoms with Gasteiger partial charge in [0.1, 0.15) is 11.6 Å². The quantitative estimate of drug-likeness (QED) is 0.901. The third-order valence-electron chi connectivity index (χ3n) is 2.75. The van der Waals surface area contributed by atoms with Gasteiger partial charge in [0.05, 0.1) is 17.9 Å². The SMILES string of the molecule is CCCNC(c1cnccn1)c1cc(F)ccc1F. The second-order valence-corrected chi connectivity index (χ2v) is 4.18. The molecule has 0 aliphatic rings. The lowest BCUT2D eigenvalue weighted by Gasteiger charge is -2.18. The molecule has 2 aromatic rings. The molecule has 1 aromatic carbocycles. The number of rotatable bonds is 5. The first-order valence-corrected chi connectivity index (χ1v) is 6.16. The van der Waals surface area contributed by atoms with Gasteiger partial charge in [-0.05, 0) is 31.2 Å². The molecular weight excluding hydrogens is 248 g/mol. The predicted molar refractivity (Wildman–Crippen MR) is 68.5 cm³/mol. The van der Waals surface area contributed by atoms with Crippen LogP contribution in [0.3, 0.4) is 0 Å². The van der Waals surface area contributed by atoms with E-state index in [-0.39, 0.29) is 5.56 Å². The number of hydrogen-bond acceptors (Lipinski definition) is 3. The van der Waals surface area contributed by atoms with Gasteiger partial charge in [-0.3, -0.25) is 9.97 Å². The Labute approximate surface area is 110 Å². The topological polar surface area (TPSA) is 37.8 Å². The van der Waals surface area contributed by atoms with E-state index in [1.807, 2.05) is 6.92 Å². The van der Waals surface area contributed by atoms with Crippen LogP contribution < -0.4 is 5.32 Å². The summed E-state index contributed by atoms with van der Waals surface area (Å²) in [5.41, 5.74) is 0.814. The Morgan fingerprint density at radius 3 is 2.79 bits per heavy atom. The minimum Gasteiger partial charge on any atom is -0.305 e. The fourth-order valence-corrected chi connectivity index (χ4v) is 1.86. The largest absolute Gasteiger partial charge is 0.305 e. The standard InChI is InChI=1S/C14H15F2N3/c1-2-5-19-14(13-9-17-6-7-18-13)11-8-10(15)3-4-12(11)16/h3-4,6-9,14,19H,2,5H2,1H3. The molecule has 1 N–H and O–H groups in total. The smallest absolute Gasteiger partial charge is 0.128 e. The van der Waals surface area contributed by atoms with Crippen LogP contribution in [0.5, 0.6) is 0 Å². The van der Waals surface area contributed by atoms with E-state index in [2.05, 4.69) is 15.3 Å². The van der Waals surface area contributed by atoms with Gasteiger partial charge >= 0.3 is 0 Å². The van der Waals surface area contributed by atoms with Gasteiger partial charge in [-0.1, -0.05) is 6.92 Å². The molecule has 1 unspecified atom stereocenters. The van der Waals surface area contributed by atoms with Crippen molar-refractivity contribution < 1.29 is 8.78 Å². The first-order valence-electron chi connectivity index (χ1n) is 6.16. The predicted octanol–water partition coefficient (Wildman–Crippen LogP) is 2.84. The molecule has 1 aromatic heterocycles. The third-order valence-corrected chi connectivity index (χ3v) is 2.75. The lowest BCUT2D eigenvalue weighted by Crippen LogP contribution is -2.25. The van der Waals surface area contributed by atoms with E-state index in [1.54, 1.807) is 12.4 Å². The van der Waals surface area contributed by atoms with Crippen LogP contribution in [0.15, 0.2) is 36.8 Å². The molecule has 0 spiro atoms. The summed E-state index contributed by atoms with van der Waals surface area (Å²) in [4.78, 5) is 8.14. The summed E-state index contributed by atoms with van der Waals surface area (Å²) in [6, 6.07) is 2.93. The van der Waals surface area contributed by atoms with Gasteiger partial charge in [0.25, 0.3) is 0 Å². The lowest BCUT2D eigenvalue weighted by atomic mass is 10.0. The number of benzene rings is 1. The van der Waals surface area contributed by atoms with Crippen LogP contribution in [-0.4, -0.2) is 16.5 Å². The van der Waals surface area contributed by atoms with Crippen molar-refractivity contribution in [3.63, 3.8) is 0 Å². The van der Waals surface area contributed by atoms with Crippen molar-refractivity contribution in [1.29, 1.82) is 0 Å². The first-order chi connectivity index (χ1) is 9.22. The zero-order chi connectivity index (χ0) is 13.7. The first kappa shape index (κ1) is 13.5. The summed E-state index contributed by atoms with van der Waals surface area (Å²) in [5, 5.41) is 3.16. The van der Waals surface area contributed by atoms with Crippen LogP contribution >= 0.6 is 0 Å². The van der Waals surface area contributed by atoms with Crippen LogP contribution in [0.2, 0.25) is 0 Å². The fraction of sp³-hybridized carbons (Fsp3) is 0.286. The second-order valence-electron chi connectivity index (χ2n) is 4.18. The molecule has 5 heteroatoms. The zero-order valence-electron chi connectivity index (χ0n) is 10.6. The zero-order valence-corrected chi connectivity index (χ0v) is 10.6. The van der Waals surface area contributed by atoms with Gasteiger partial charge in [0.2, 0.25) is 0 Å². The number of nitrogens with zero attached hydrogens (tertiary/aromatic N) is 2. The van der Waals surface area contributed by atoms with Crippen molar-refractivity contribution in [2.24, 2.45) is 0 Å². The van der Waals surface area contributed by atoms with Gasteiger partial charge < -0.3 is 5.32 Å². The number of halogens is 2. The Morgan fingerprint density at radius 2 is 2.11 bits per heavy atom. The Kier molecular flexibility index (Phi) is 4.52. The van der Waals surface area contributed by atoms with Crippen molar-refractivity contribution in [3.05, 3.63) is 59.7 Å². The minimum absolute atomic E-state index is 0.244. The Balaban J connectivity index is 2.40. The minimum atomic E-state index is -0.496. The molecule has 19 heavy (non-hydrogen) atoms. The van der Waals surface area contributed by atoms with Crippen LogP contribution in [-0.2, 0) is 0 Å². The maximum absolute atomic E-state index is 13.9. The summed E-state index contributed by atoms with van der Waals surface area (Å²) < 4.78 is 27.2. The lowest BCUT2D eigenvalue weighted by molar-refractivity contribution is 0.528. The summed E-state index contributed by atoms with van der Waals surface area (Å²) >= 11 is 0. The van der Waals surface area contributed by atoms with Crippen LogP contribution in [0.25, 0.3) is 0 Å². The maximum Gasteiger partial charge on any atom is 0.128 e. The normalized spacial score (nSPS) is 12.4. The molecule has 1 atom stereocenters. The average Bonchev–Trinajstić information content (AvgIpc) is 2.44. The van der Waals surface area contributed by atoms with Crippen molar-refractivity contribution in [1.82, 2.24) is 15.3 Å². The Morgan fingerprint density at radius 1 is 1.26 bits per heavy atom. The van der Waals surface area contributed by atoms with Gasteiger partial charge in [-0.25, -0.2) is 8.78 Å². The van der Waals surface area contributed by atoms with Crippen molar-refractivity contribution >= 4 is 0 Å². The highest BCUT2D eigenvalue weighted by atomic mass is 19.1. The molecule has 0 aliphatic heterocycles. The Bertz CT molecular complexity index is 531. The molecule has 0 amide bonds. The van der Waals surface area contributed by atoms with E-state index in [4.69, 9.17) is 0 Å². The van der Waals surface area contributed by atoms with E-state index < -0.39 is 17.7 Å². The monoisotopic (exact) mass is 263 g/mol. The van der Waals surface area contributed by atoms with Crippen LogP contribution in [0, 0.1) is 11.6 Å². The molecule has 3 nitrogen and oxygen atoms in total. The van der Waals surface area contributed by atoms with Gasteiger partial charge in [-0.2, -0.15) is 0 Å². The second kappa shape index (κ2) is 6.33. The van der Waals surface area contributed by atoms with Crippen molar-refractivity contribution in [2.45, 2.75) is 19.4 Å². The summed E-state index contributed by atoms with van der Waals surface area (Å²) in [6.45, 7) is 2.68. The molecule has 1 heterocycles. The van der Waals surface area contributed by atoms with Gasteiger partial charge in [0.15, 0.2) is 0 Å². The van der Waals surface area contributed by atoms with Crippen molar-refractivity contribution in [3.8, 4) is 0 Å². The average molecular weight is 263 g/mol. The summed E-state index contributed by atoms with van der Waals surface area (Å²) in [7, 11) is 0. The van der Waals surface area contributed by atoms with E-state index in [0.717, 1.165) is 18.6 Å². The number of hydrogen-bond donors (Lipinski definition) is 1. The Hall–Kier alpha value is -1.88. The van der Waals surface area contributed by atoms with E-state index in [9.17, 15) is 8.78 Å². The molecule has 2 rings (SSSR count). The molecule has 100 valence electrons. The van der Waals surface area contributed by atoms with Crippen molar-refractivity contribution in [2.75, 3.05) is 6.54 Å². The van der Waals surface area contributed by atoms with E-state index >= 15 is 0 Å². The molecule has 0 aliphatic carbocycles. The summed E-state index contributed by atoms with van der Waals surface area (Å²) in [5.74, 6) is -0.927. The van der Waals surface area contributed by atoms with Crippen LogP contribution in [0.4, 0.5) is 8.78 Å². The van der Waals surface area contributed by atoms with Crippen LogP contribution in [0.1, 0.15) is 30.6 Å². The summed E-state index contributed by atoms with van der Waals surface area (Å²) in [6.07, 6.45) is 5.51. The van der Waals surface area contributed by atoms with Gasteiger partial charge in [0, 0.05) is 18.0 Å². The molecule has 0 fully saturated rings. The fourth-order valence-electron chi connectivity index (χ4n) is 1.86. The number of nitrogens with one attached hydrogen (secondary N) is 1. The molecule has 0 saturated carbocycles. The molecule has 0 saturated heterocycles. The molecule has 0 radical (unpaired) electrons. The highest BCUT2D eigenvalue weighted by Crippen LogP contribution is 2.23. The maximum atomic E-state index is 13.9. The van der Waals surface area contributed by atoms with E-state index in [1.165, 1.54) is 12.3 Å². The third kappa shape index (κ3) is 3.32. The van der Waals surface area contributed by atoms with Gasteiger partial charge in [-0.15, -0.1) is 0 Å². The van der Waals surface area contributed by atoms with E-state index in [0.29, 0.717) is 12.2 Å². The molecular formula is C14H15F2N3.